The average Bonchev–Trinajstić information content (AvgIpc) is 2.97. The lowest BCUT2D eigenvalue weighted by Crippen LogP contribution is -2.52. The molecule has 3 fully saturated rings. The maximum atomic E-state index is 15.9. The van der Waals surface area contributed by atoms with Crippen molar-refractivity contribution in [3.63, 3.8) is 0 Å². The number of piperidine rings is 2. The van der Waals surface area contributed by atoms with Crippen LogP contribution < -0.4 is 20.9 Å². The van der Waals surface area contributed by atoms with Crippen molar-refractivity contribution in [1.29, 1.82) is 0 Å². The minimum absolute atomic E-state index is 0.135. The Morgan fingerprint density at radius 3 is 2.24 bits per heavy atom. The summed E-state index contributed by atoms with van der Waals surface area (Å²) in [6, 6.07) is 2.70. The summed E-state index contributed by atoms with van der Waals surface area (Å²) in [4.78, 5) is 41.4. The van der Waals surface area contributed by atoms with Crippen LogP contribution in [0.2, 0.25) is 0 Å². The number of hydrogen-bond acceptors (Lipinski definition) is 7. The summed E-state index contributed by atoms with van der Waals surface area (Å²) in [7, 11) is 5.12. The lowest BCUT2D eigenvalue weighted by Gasteiger charge is -2.36. The second-order valence-corrected chi connectivity index (χ2v) is 11.1. The Morgan fingerprint density at radius 2 is 1.73 bits per heavy atom. The number of nitrogens with zero attached hydrogens (tertiary/aromatic N) is 3. The van der Waals surface area contributed by atoms with Gasteiger partial charge in [0, 0.05) is 40.7 Å². The van der Waals surface area contributed by atoms with Gasteiger partial charge in [-0.25, -0.2) is 4.39 Å². The van der Waals surface area contributed by atoms with Gasteiger partial charge in [-0.3, -0.25) is 19.7 Å². The van der Waals surface area contributed by atoms with Crippen LogP contribution in [0.5, 0.6) is 0 Å². The molecule has 3 aliphatic rings. The molecule has 10 heteroatoms. The van der Waals surface area contributed by atoms with Gasteiger partial charge in [0.05, 0.1) is 18.0 Å². The van der Waals surface area contributed by atoms with Crippen LogP contribution in [-0.4, -0.2) is 83.2 Å². The van der Waals surface area contributed by atoms with E-state index >= 15 is 4.39 Å². The van der Waals surface area contributed by atoms with Gasteiger partial charge in [0.2, 0.25) is 18.2 Å². The van der Waals surface area contributed by atoms with E-state index in [4.69, 9.17) is 5.73 Å². The number of hydrogen-bond donors (Lipinski definition) is 2. The summed E-state index contributed by atoms with van der Waals surface area (Å²) < 4.78 is 20.5. The molecule has 4 rings (SSSR count). The molecule has 2 heterocycles. The van der Waals surface area contributed by atoms with Gasteiger partial charge >= 0.3 is 0 Å². The molecule has 3 N–H and O–H groups in total. The second kappa shape index (κ2) is 18.1. The number of ether oxygens (including phenoxy) is 1. The lowest BCUT2D eigenvalue weighted by molar-refractivity contribution is -0.134. The van der Waals surface area contributed by atoms with E-state index in [9.17, 15) is 14.4 Å². The smallest absolute Gasteiger partial charge is 0.249 e. The zero-order valence-electron chi connectivity index (χ0n) is 25.8. The molecule has 1 saturated carbocycles. The van der Waals surface area contributed by atoms with E-state index in [0.717, 1.165) is 38.4 Å². The minimum atomic E-state index is -0.831. The monoisotopic (exact) mass is 577 g/mol. The van der Waals surface area contributed by atoms with E-state index < -0.39 is 11.9 Å². The molecule has 1 aromatic carbocycles. The summed E-state index contributed by atoms with van der Waals surface area (Å²) in [5.41, 5.74) is 6.35. The van der Waals surface area contributed by atoms with Crippen LogP contribution >= 0.6 is 0 Å². The van der Waals surface area contributed by atoms with Crippen molar-refractivity contribution in [1.82, 2.24) is 10.2 Å². The SMILES string of the molecule is CC.CN(C)c1c(N(C=O)C2CCC(=O)NC2=O)ccc(C2CCN(CC3CCCCC3)CC2)c1F.COCCN. The molecule has 0 aromatic heterocycles. The Bertz CT molecular complexity index is 960. The van der Waals surface area contributed by atoms with Crippen molar-refractivity contribution in [3.8, 4) is 0 Å². The molecule has 3 amide bonds. The Hall–Kier alpha value is -2.56. The molecule has 1 aliphatic carbocycles. The predicted octanol–water partition coefficient (Wildman–Crippen LogP) is 4.04. The fourth-order valence-electron chi connectivity index (χ4n) is 6.04. The van der Waals surface area contributed by atoms with Gasteiger partial charge in [0.1, 0.15) is 6.04 Å². The fraction of sp³-hybridized carbons (Fsp3) is 0.710. The summed E-state index contributed by atoms with van der Waals surface area (Å²) in [6.07, 6.45) is 9.51. The Morgan fingerprint density at radius 1 is 1.07 bits per heavy atom. The van der Waals surface area contributed by atoms with Gasteiger partial charge in [-0.2, -0.15) is 0 Å². The van der Waals surface area contributed by atoms with Crippen molar-refractivity contribution in [3.05, 3.63) is 23.5 Å². The number of anilines is 2. The molecule has 1 unspecified atom stereocenters. The maximum absolute atomic E-state index is 15.9. The third kappa shape index (κ3) is 9.75. The first kappa shape index (κ1) is 34.6. The number of benzene rings is 1. The lowest BCUT2D eigenvalue weighted by atomic mass is 9.86. The molecule has 0 spiro atoms. The molecule has 2 aliphatic heterocycles. The quantitative estimate of drug-likeness (QED) is 0.337. The Labute approximate surface area is 245 Å². The van der Waals surface area contributed by atoms with E-state index in [0.29, 0.717) is 36.5 Å². The topological polar surface area (TPSA) is 108 Å². The van der Waals surface area contributed by atoms with Gasteiger partial charge in [-0.1, -0.05) is 39.2 Å². The maximum Gasteiger partial charge on any atom is 0.249 e. The van der Waals surface area contributed by atoms with Gasteiger partial charge < -0.3 is 25.2 Å². The highest BCUT2D eigenvalue weighted by molar-refractivity contribution is 6.04. The molecule has 41 heavy (non-hydrogen) atoms. The Balaban J connectivity index is 0.000000759. The average molecular weight is 578 g/mol. The number of methoxy groups -OCH3 is 1. The summed E-state index contributed by atoms with van der Waals surface area (Å²) in [5, 5.41) is 2.28. The van der Waals surface area contributed by atoms with Crippen molar-refractivity contribution in [2.45, 2.75) is 83.6 Å². The number of imide groups is 1. The summed E-state index contributed by atoms with van der Waals surface area (Å²) in [5.74, 6) is -0.259. The summed E-state index contributed by atoms with van der Waals surface area (Å²) >= 11 is 0. The van der Waals surface area contributed by atoms with Gasteiger partial charge in [-0.15, -0.1) is 0 Å². The predicted molar refractivity (Wildman–Crippen MR) is 163 cm³/mol. The molecular weight excluding hydrogens is 525 g/mol. The third-order valence-electron chi connectivity index (χ3n) is 8.10. The van der Waals surface area contributed by atoms with E-state index in [1.54, 1.807) is 38.2 Å². The summed E-state index contributed by atoms with van der Waals surface area (Å²) in [6.45, 7) is 8.42. The Kier molecular flexibility index (Phi) is 15.3. The zero-order chi connectivity index (χ0) is 30.4. The largest absolute Gasteiger partial charge is 0.383 e. The van der Waals surface area contributed by atoms with Crippen LogP contribution in [0.15, 0.2) is 12.1 Å². The molecule has 0 bridgehead atoms. The van der Waals surface area contributed by atoms with Crippen molar-refractivity contribution in [2.75, 3.05) is 63.8 Å². The number of halogens is 1. The zero-order valence-corrected chi connectivity index (χ0v) is 25.8. The number of amides is 3. The standard InChI is InChI=1S/C26H37FN4O3.C3H9NO.C2H6/c1-29(2)25-21(31(17-32)22-10-11-23(33)28-26(22)34)9-8-20(24(25)27)19-12-14-30(15-13-19)16-18-6-4-3-5-7-18;1-5-3-2-4;1-2/h8-9,17-19,22H,3-7,10-16H2,1-2H3,(H,28,33,34);2-4H2,1H3;1-2H3. The number of likely N-dealkylation sites (tertiary alicyclic amines) is 1. The van der Waals surface area contributed by atoms with E-state index in [2.05, 4.69) is 15.0 Å². The van der Waals surface area contributed by atoms with Crippen LogP contribution in [0.1, 0.15) is 83.1 Å². The molecule has 0 radical (unpaired) electrons. The molecular formula is C31H52FN5O4. The first-order chi connectivity index (χ1) is 19.8. The molecule has 2 saturated heterocycles. The van der Waals surface area contributed by atoms with Crippen LogP contribution in [0.3, 0.4) is 0 Å². The fourth-order valence-corrected chi connectivity index (χ4v) is 6.04. The number of carbonyl (C=O) groups excluding carboxylic acids is 3. The first-order valence-corrected chi connectivity index (χ1v) is 15.3. The highest BCUT2D eigenvalue weighted by Crippen LogP contribution is 2.40. The van der Waals surface area contributed by atoms with Crippen LogP contribution in [0.25, 0.3) is 0 Å². The number of rotatable bonds is 9. The molecule has 1 atom stereocenters. The highest BCUT2D eigenvalue weighted by Gasteiger charge is 2.35. The van der Waals surface area contributed by atoms with Crippen molar-refractivity contribution >= 4 is 29.6 Å². The molecule has 232 valence electrons. The van der Waals surface area contributed by atoms with Crippen LogP contribution in [0.4, 0.5) is 15.8 Å². The minimum Gasteiger partial charge on any atom is -0.383 e. The third-order valence-corrected chi connectivity index (χ3v) is 8.10. The van der Waals surface area contributed by atoms with Crippen LogP contribution in [-0.2, 0) is 19.1 Å². The van der Waals surface area contributed by atoms with Gasteiger partial charge in [0.25, 0.3) is 0 Å². The van der Waals surface area contributed by atoms with E-state index in [1.165, 1.54) is 37.0 Å². The van der Waals surface area contributed by atoms with Crippen LogP contribution in [0, 0.1) is 11.7 Å². The van der Waals surface area contributed by atoms with Gasteiger partial charge in [0.15, 0.2) is 5.82 Å². The molecule has 1 aromatic rings. The molecule has 9 nitrogen and oxygen atoms in total. The number of carbonyl (C=O) groups is 3. The highest BCUT2D eigenvalue weighted by atomic mass is 19.1. The van der Waals surface area contributed by atoms with E-state index in [1.807, 2.05) is 13.8 Å². The van der Waals surface area contributed by atoms with Crippen molar-refractivity contribution < 1.29 is 23.5 Å². The van der Waals surface area contributed by atoms with Gasteiger partial charge in [-0.05, 0) is 68.7 Å². The number of nitrogens with two attached hydrogens (primary N) is 1. The second-order valence-electron chi connectivity index (χ2n) is 11.1. The van der Waals surface area contributed by atoms with Crippen molar-refractivity contribution in [2.24, 2.45) is 11.7 Å². The number of nitrogens with one attached hydrogen (secondary N) is 1. The van der Waals surface area contributed by atoms with E-state index in [-0.39, 0.29) is 30.5 Å². The first-order valence-electron chi connectivity index (χ1n) is 15.3. The normalized spacial score (nSPS) is 20.2.